The summed E-state index contributed by atoms with van der Waals surface area (Å²) in [5.74, 6) is -0.681. The van der Waals surface area contributed by atoms with Gasteiger partial charge in [-0.05, 0) is 25.0 Å². The number of hydrogen-bond donors (Lipinski definition) is 2. The maximum Gasteiger partial charge on any atom is 0.326 e. The van der Waals surface area contributed by atoms with Crippen molar-refractivity contribution in [2.75, 3.05) is 13.2 Å². The van der Waals surface area contributed by atoms with Crippen LogP contribution in [-0.2, 0) is 4.79 Å². The predicted octanol–water partition coefficient (Wildman–Crippen LogP) is 1.19. The summed E-state index contributed by atoms with van der Waals surface area (Å²) in [6.45, 7) is 6.10. The first-order chi connectivity index (χ1) is 12.4. The number of ether oxygens (including phenoxy) is 2. The Bertz CT molecular complexity index is 846. The molecule has 0 saturated carbocycles. The van der Waals surface area contributed by atoms with Gasteiger partial charge in [0, 0.05) is 6.07 Å². The molecule has 2 heterocycles. The number of benzene rings is 1. The van der Waals surface area contributed by atoms with Gasteiger partial charge in [0.15, 0.2) is 17.2 Å². The van der Waals surface area contributed by atoms with Gasteiger partial charge in [-0.3, -0.25) is 4.79 Å². The van der Waals surface area contributed by atoms with Gasteiger partial charge in [0.25, 0.3) is 5.91 Å². The summed E-state index contributed by atoms with van der Waals surface area (Å²) in [6.07, 6.45) is 0. The van der Waals surface area contributed by atoms with E-state index in [-0.39, 0.29) is 11.6 Å². The van der Waals surface area contributed by atoms with Crippen LogP contribution < -0.4 is 14.8 Å². The first-order valence-electron chi connectivity index (χ1n) is 8.24. The zero-order valence-electron chi connectivity index (χ0n) is 14.7. The molecular formula is C17H20N4O5. The number of nitrogens with one attached hydrogen (secondary N) is 1. The van der Waals surface area contributed by atoms with E-state index in [9.17, 15) is 14.7 Å². The molecule has 1 aromatic heterocycles. The number of carboxylic acids is 1. The van der Waals surface area contributed by atoms with Crippen LogP contribution in [0.25, 0.3) is 5.69 Å². The Kier molecular flexibility index (Phi) is 4.79. The maximum absolute atomic E-state index is 12.4. The van der Waals surface area contributed by atoms with Crippen molar-refractivity contribution in [3.63, 3.8) is 0 Å². The fraction of sp³-hybridized carbons (Fsp3) is 0.412. The molecule has 1 aliphatic heterocycles. The van der Waals surface area contributed by atoms with Crippen molar-refractivity contribution in [3.05, 3.63) is 29.6 Å². The second kappa shape index (κ2) is 7.03. The van der Waals surface area contributed by atoms with Crippen LogP contribution in [0.3, 0.4) is 0 Å². The Morgan fingerprint density at radius 2 is 1.92 bits per heavy atom. The number of hydrogen-bond acceptors (Lipinski definition) is 6. The number of carbonyl (C=O) groups excluding carboxylic acids is 1. The van der Waals surface area contributed by atoms with Gasteiger partial charge in [-0.15, -0.1) is 5.10 Å². The third-order valence-electron chi connectivity index (χ3n) is 4.10. The Hall–Kier alpha value is -3.10. The lowest BCUT2D eigenvalue weighted by atomic mass is 10.0. The lowest BCUT2D eigenvalue weighted by molar-refractivity contribution is -0.140. The number of carboxylic acid groups (broad SMARTS) is 1. The highest BCUT2D eigenvalue weighted by Gasteiger charge is 2.27. The minimum absolute atomic E-state index is 0.0757. The van der Waals surface area contributed by atoms with Gasteiger partial charge in [0.05, 0.1) is 11.4 Å². The molecule has 0 bridgehead atoms. The molecule has 2 aromatic rings. The molecule has 1 aromatic carbocycles. The van der Waals surface area contributed by atoms with Crippen molar-refractivity contribution < 1.29 is 24.2 Å². The Morgan fingerprint density at radius 3 is 2.58 bits per heavy atom. The van der Waals surface area contributed by atoms with Gasteiger partial charge >= 0.3 is 5.97 Å². The first-order valence-corrected chi connectivity index (χ1v) is 8.24. The maximum atomic E-state index is 12.4. The zero-order chi connectivity index (χ0) is 18.8. The Morgan fingerprint density at radius 1 is 1.23 bits per heavy atom. The number of nitrogens with zero attached hydrogens (tertiary/aromatic N) is 3. The number of fused-ring (bicyclic) bond motifs is 1. The highest BCUT2D eigenvalue weighted by atomic mass is 16.6. The Labute approximate surface area is 149 Å². The van der Waals surface area contributed by atoms with Gasteiger partial charge in [-0.2, -0.15) is 0 Å². The van der Waals surface area contributed by atoms with Gasteiger partial charge < -0.3 is 19.9 Å². The van der Waals surface area contributed by atoms with Crippen LogP contribution in [0.1, 0.15) is 30.0 Å². The summed E-state index contributed by atoms with van der Waals surface area (Å²) in [6, 6.07) is 4.31. The molecule has 0 radical (unpaired) electrons. The largest absolute Gasteiger partial charge is 0.486 e. The minimum atomic E-state index is -1.09. The van der Waals surface area contributed by atoms with Gasteiger partial charge in [-0.25, -0.2) is 9.48 Å². The van der Waals surface area contributed by atoms with Crippen LogP contribution in [0.4, 0.5) is 0 Å². The van der Waals surface area contributed by atoms with Gasteiger partial charge in [0.1, 0.15) is 19.3 Å². The summed E-state index contributed by atoms with van der Waals surface area (Å²) >= 11 is 0. The van der Waals surface area contributed by atoms with Crippen LogP contribution in [0.5, 0.6) is 11.5 Å². The van der Waals surface area contributed by atoms with E-state index in [1.807, 2.05) is 0 Å². The number of aromatic nitrogens is 3. The highest BCUT2D eigenvalue weighted by Crippen LogP contribution is 2.32. The molecular weight excluding hydrogens is 340 g/mol. The number of amides is 1. The van der Waals surface area contributed by atoms with E-state index in [2.05, 4.69) is 15.6 Å². The van der Waals surface area contributed by atoms with Gasteiger partial charge in [-0.1, -0.05) is 19.1 Å². The monoisotopic (exact) mass is 360 g/mol. The van der Waals surface area contributed by atoms with Crippen molar-refractivity contribution in [3.8, 4) is 17.2 Å². The number of aliphatic carboxylic acids is 1. The van der Waals surface area contributed by atoms with E-state index in [0.717, 1.165) is 0 Å². The molecule has 1 aliphatic rings. The van der Waals surface area contributed by atoms with Gasteiger partial charge in [0.2, 0.25) is 0 Å². The molecule has 1 unspecified atom stereocenters. The average Bonchev–Trinajstić information content (AvgIpc) is 3.00. The third kappa shape index (κ3) is 3.32. The van der Waals surface area contributed by atoms with E-state index in [1.54, 1.807) is 39.0 Å². The minimum Gasteiger partial charge on any atom is -0.486 e. The molecule has 1 atom stereocenters. The summed E-state index contributed by atoms with van der Waals surface area (Å²) in [5, 5.41) is 19.6. The Balaban J connectivity index is 1.86. The average molecular weight is 360 g/mol. The molecule has 1 amide bonds. The number of carbonyl (C=O) groups is 2. The topological polar surface area (TPSA) is 116 Å². The molecule has 0 spiro atoms. The molecule has 0 saturated heterocycles. The lowest BCUT2D eigenvalue weighted by Gasteiger charge is -2.19. The van der Waals surface area contributed by atoms with Crippen LogP contribution in [-0.4, -0.2) is 51.2 Å². The fourth-order valence-electron chi connectivity index (χ4n) is 2.67. The van der Waals surface area contributed by atoms with Crippen LogP contribution in [0.15, 0.2) is 18.2 Å². The van der Waals surface area contributed by atoms with Crippen LogP contribution in [0.2, 0.25) is 0 Å². The van der Waals surface area contributed by atoms with E-state index < -0.39 is 17.9 Å². The van der Waals surface area contributed by atoms with Crippen molar-refractivity contribution in [2.45, 2.75) is 26.8 Å². The standard InChI is InChI=1S/C17H20N4O5/c1-9(2)14(17(23)24)18-16(22)15-10(3)21(20-19-15)11-4-5-12-13(8-11)26-7-6-25-12/h4-5,8-9,14H,6-7H2,1-3H3,(H,18,22)(H,23,24). The van der Waals surface area contributed by atoms with Crippen molar-refractivity contribution in [2.24, 2.45) is 5.92 Å². The van der Waals surface area contributed by atoms with Crippen LogP contribution >= 0.6 is 0 Å². The van der Waals surface area contributed by atoms with E-state index >= 15 is 0 Å². The molecule has 3 rings (SSSR count). The second-order valence-corrected chi connectivity index (χ2v) is 6.30. The summed E-state index contributed by atoms with van der Waals surface area (Å²) in [7, 11) is 0. The predicted molar refractivity (Wildman–Crippen MR) is 90.8 cm³/mol. The highest BCUT2D eigenvalue weighted by molar-refractivity contribution is 5.95. The summed E-state index contributed by atoms with van der Waals surface area (Å²) in [4.78, 5) is 23.7. The molecule has 9 nitrogen and oxygen atoms in total. The van der Waals surface area contributed by atoms with Crippen molar-refractivity contribution in [1.29, 1.82) is 0 Å². The summed E-state index contributed by atoms with van der Waals surface area (Å²) in [5.41, 5.74) is 1.23. The zero-order valence-corrected chi connectivity index (χ0v) is 14.7. The van der Waals surface area contributed by atoms with Crippen molar-refractivity contribution in [1.82, 2.24) is 20.3 Å². The SMILES string of the molecule is Cc1c(C(=O)NC(C(=O)O)C(C)C)nnn1-c1ccc2c(c1)OCCO2. The molecule has 0 fully saturated rings. The van der Waals surface area contributed by atoms with Crippen LogP contribution in [0, 0.1) is 12.8 Å². The molecule has 138 valence electrons. The smallest absolute Gasteiger partial charge is 0.326 e. The van der Waals surface area contributed by atoms with E-state index in [1.165, 1.54) is 4.68 Å². The molecule has 26 heavy (non-hydrogen) atoms. The quantitative estimate of drug-likeness (QED) is 0.823. The first kappa shape index (κ1) is 17.7. The van der Waals surface area contributed by atoms with E-state index in [0.29, 0.717) is 36.1 Å². The number of rotatable bonds is 5. The lowest BCUT2D eigenvalue weighted by Crippen LogP contribution is -2.44. The second-order valence-electron chi connectivity index (χ2n) is 6.30. The molecule has 9 heteroatoms. The molecule has 0 aliphatic carbocycles. The third-order valence-corrected chi connectivity index (χ3v) is 4.10. The molecule has 2 N–H and O–H groups in total. The fourth-order valence-corrected chi connectivity index (χ4v) is 2.67. The van der Waals surface area contributed by atoms with E-state index in [4.69, 9.17) is 9.47 Å². The van der Waals surface area contributed by atoms with Crippen molar-refractivity contribution >= 4 is 11.9 Å². The normalized spacial score (nSPS) is 14.2. The summed E-state index contributed by atoms with van der Waals surface area (Å²) < 4.78 is 12.5.